The Morgan fingerprint density at radius 1 is 0.840 bits per heavy atom. The summed E-state index contributed by atoms with van der Waals surface area (Å²) in [4.78, 5) is 0. The molecule has 0 aliphatic carbocycles. The second kappa shape index (κ2) is 8.06. The summed E-state index contributed by atoms with van der Waals surface area (Å²) < 4.78 is 11.8. The van der Waals surface area contributed by atoms with E-state index in [1.807, 2.05) is 0 Å². The van der Waals surface area contributed by atoms with E-state index in [1.165, 1.54) is 10.8 Å². The zero-order valence-corrected chi connectivity index (χ0v) is 18.2. The van der Waals surface area contributed by atoms with Crippen molar-refractivity contribution in [1.82, 2.24) is 0 Å². The summed E-state index contributed by atoms with van der Waals surface area (Å²) in [7, 11) is -1.85. The predicted octanol–water partition coefficient (Wildman–Crippen LogP) is 5.26. The molecule has 0 aromatic heterocycles. The molecule has 0 heterocycles. The van der Waals surface area contributed by atoms with Gasteiger partial charge in [-0.1, -0.05) is 78.9 Å². The van der Waals surface area contributed by atoms with Gasteiger partial charge in [-0.25, -0.2) is 0 Å². The fourth-order valence-electron chi connectivity index (χ4n) is 3.01. The van der Waals surface area contributed by atoms with Crippen molar-refractivity contribution >= 4 is 21.6 Å². The highest BCUT2D eigenvalue weighted by atomic mass is 28.4. The van der Waals surface area contributed by atoms with Gasteiger partial charge >= 0.3 is 0 Å². The van der Waals surface area contributed by atoms with Crippen LogP contribution in [0.4, 0.5) is 0 Å². The molecule has 1 unspecified atom stereocenters. The summed E-state index contributed by atoms with van der Waals surface area (Å²) in [5, 5.41) is 1.43. The smallest absolute Gasteiger partial charge is 0.261 e. The average molecular weight is 371 g/mol. The van der Waals surface area contributed by atoms with Gasteiger partial charge < -0.3 is 9.16 Å². The molecule has 0 saturated heterocycles. The van der Waals surface area contributed by atoms with Crippen molar-refractivity contribution in [3.63, 3.8) is 0 Å². The fraction of sp³-hybridized carbons (Fsp3) is 0.333. The summed E-state index contributed by atoms with van der Waals surface area (Å²) in [6, 6.07) is 21.5. The summed E-state index contributed by atoms with van der Waals surface area (Å²) in [6.45, 7) is 11.4. The highest BCUT2D eigenvalue weighted by Crippen LogP contribution is 2.30. The lowest BCUT2D eigenvalue weighted by molar-refractivity contribution is 0.145. The van der Waals surface area contributed by atoms with Crippen molar-refractivity contribution in [2.45, 2.75) is 38.3 Å². The van der Waals surface area contributed by atoms with Gasteiger partial charge in [-0.05, 0) is 25.2 Å². The lowest BCUT2D eigenvalue weighted by Gasteiger charge is -2.32. The van der Waals surface area contributed by atoms with E-state index in [9.17, 15) is 0 Å². The van der Waals surface area contributed by atoms with Gasteiger partial charge in [0.1, 0.15) is 0 Å². The maximum atomic E-state index is 6.17. The van der Waals surface area contributed by atoms with Crippen LogP contribution in [-0.4, -0.2) is 23.5 Å². The molecule has 1 atom stereocenters. The Balaban J connectivity index is 2.51. The average Bonchev–Trinajstić information content (AvgIpc) is 2.59. The summed E-state index contributed by atoms with van der Waals surface area (Å²) in [5.74, 6) is 0.657. The molecule has 134 valence electrons. The number of benzene rings is 2. The lowest BCUT2D eigenvalue weighted by Crippen LogP contribution is -2.47. The summed E-state index contributed by atoms with van der Waals surface area (Å²) >= 11 is 0. The van der Waals surface area contributed by atoms with Gasteiger partial charge in [0.05, 0.1) is 15.2 Å². The predicted molar refractivity (Wildman–Crippen MR) is 112 cm³/mol. The first-order valence-electron chi connectivity index (χ1n) is 8.79. The maximum absolute atomic E-state index is 6.17. The van der Waals surface area contributed by atoms with Crippen molar-refractivity contribution in [3.05, 3.63) is 78.2 Å². The molecular weight excluding hydrogens is 340 g/mol. The minimum absolute atomic E-state index is 0.280. The summed E-state index contributed by atoms with van der Waals surface area (Å²) in [5.41, 5.74) is 1.60. The molecule has 2 aromatic rings. The minimum atomic E-state index is -1.83. The monoisotopic (exact) mass is 370 g/mol. The Morgan fingerprint density at radius 3 is 1.84 bits per heavy atom. The number of allylic oxidation sites excluding steroid dienone is 1. The van der Waals surface area contributed by atoms with Gasteiger partial charge in [0.2, 0.25) is 8.32 Å². The lowest BCUT2D eigenvalue weighted by atomic mass is 10.1. The molecular formula is C21H30O2Si2. The van der Waals surface area contributed by atoms with E-state index in [4.69, 9.17) is 9.16 Å². The van der Waals surface area contributed by atoms with Crippen molar-refractivity contribution in [3.8, 4) is 0 Å². The molecule has 0 aliphatic rings. The zero-order valence-electron chi connectivity index (χ0n) is 16.2. The molecule has 4 heteroatoms. The van der Waals surface area contributed by atoms with E-state index in [1.54, 1.807) is 7.11 Å². The Hall–Kier alpha value is -1.79. The molecule has 0 aliphatic heterocycles. The van der Waals surface area contributed by atoms with Crippen LogP contribution in [0.1, 0.15) is 11.1 Å². The number of hydrogen-bond donors (Lipinski definition) is 0. The first-order chi connectivity index (χ1) is 11.7. The SMILES string of the molecule is CO/C(=C\C(c1ccccc1)[Si](C)(C)c1ccccc1)O[Si](C)(C)C. The summed E-state index contributed by atoms with van der Waals surface area (Å²) in [6.07, 6.45) is 2.20. The van der Waals surface area contributed by atoms with E-state index in [0.29, 0.717) is 5.95 Å². The number of rotatable bonds is 7. The van der Waals surface area contributed by atoms with Crippen LogP contribution in [0.5, 0.6) is 0 Å². The van der Waals surface area contributed by atoms with Crippen LogP contribution in [0.15, 0.2) is 72.7 Å². The Bertz CT molecular complexity index is 689. The van der Waals surface area contributed by atoms with Crippen molar-refractivity contribution in [2.24, 2.45) is 0 Å². The van der Waals surface area contributed by atoms with Gasteiger partial charge in [-0.15, -0.1) is 0 Å². The Labute approximate surface area is 154 Å². The number of methoxy groups -OCH3 is 1. The Kier molecular flexibility index (Phi) is 6.30. The van der Waals surface area contributed by atoms with Crippen LogP contribution in [0.2, 0.25) is 32.7 Å². The van der Waals surface area contributed by atoms with Crippen LogP contribution >= 0.6 is 0 Å². The third kappa shape index (κ3) is 5.34. The zero-order chi connectivity index (χ0) is 18.5. The highest BCUT2D eigenvalue weighted by molar-refractivity contribution is 6.91. The van der Waals surface area contributed by atoms with Crippen LogP contribution in [-0.2, 0) is 9.16 Å². The first-order valence-corrected chi connectivity index (χ1v) is 15.3. The molecule has 2 nitrogen and oxygen atoms in total. The van der Waals surface area contributed by atoms with Crippen molar-refractivity contribution in [2.75, 3.05) is 7.11 Å². The van der Waals surface area contributed by atoms with Crippen molar-refractivity contribution < 1.29 is 9.16 Å². The molecule has 0 N–H and O–H groups in total. The number of hydrogen-bond acceptors (Lipinski definition) is 2. The third-order valence-corrected chi connectivity index (χ3v) is 9.05. The van der Waals surface area contributed by atoms with E-state index in [-0.39, 0.29) is 5.54 Å². The van der Waals surface area contributed by atoms with Gasteiger partial charge in [0, 0.05) is 11.6 Å². The van der Waals surface area contributed by atoms with E-state index >= 15 is 0 Å². The second-order valence-corrected chi connectivity index (χ2v) is 17.0. The normalized spacial score (nSPS) is 14.1. The quantitative estimate of drug-likeness (QED) is 0.488. The molecule has 2 aromatic carbocycles. The molecule has 0 amide bonds. The highest BCUT2D eigenvalue weighted by Gasteiger charge is 2.34. The molecule has 0 spiro atoms. The van der Waals surface area contributed by atoms with E-state index < -0.39 is 16.4 Å². The third-order valence-electron chi connectivity index (χ3n) is 4.36. The molecule has 0 saturated carbocycles. The topological polar surface area (TPSA) is 18.5 Å². The molecule has 2 rings (SSSR count). The fourth-order valence-corrected chi connectivity index (χ4v) is 6.75. The first kappa shape index (κ1) is 19.5. The van der Waals surface area contributed by atoms with E-state index in [0.717, 1.165) is 0 Å². The maximum Gasteiger partial charge on any atom is 0.261 e. The van der Waals surface area contributed by atoms with Crippen LogP contribution in [0.3, 0.4) is 0 Å². The van der Waals surface area contributed by atoms with Crippen LogP contribution in [0, 0.1) is 0 Å². The standard InChI is InChI=1S/C21H30O2Si2/c1-22-21(23-24(2,3)4)17-20(18-13-9-7-10-14-18)25(5,6)19-15-11-8-12-16-19/h7-17,20H,1-6H3/b21-17+. The van der Waals surface area contributed by atoms with E-state index in [2.05, 4.69) is 99.5 Å². The largest absolute Gasteiger partial charge is 0.520 e. The number of ether oxygens (including phenoxy) is 1. The van der Waals surface area contributed by atoms with Gasteiger partial charge in [0.25, 0.3) is 5.95 Å². The van der Waals surface area contributed by atoms with Gasteiger partial charge in [0.15, 0.2) is 0 Å². The van der Waals surface area contributed by atoms with Gasteiger partial charge in [-0.2, -0.15) is 0 Å². The molecule has 25 heavy (non-hydrogen) atoms. The van der Waals surface area contributed by atoms with Crippen LogP contribution < -0.4 is 5.19 Å². The van der Waals surface area contributed by atoms with Crippen molar-refractivity contribution in [1.29, 1.82) is 0 Å². The Morgan fingerprint density at radius 2 is 1.36 bits per heavy atom. The molecule has 0 radical (unpaired) electrons. The van der Waals surface area contributed by atoms with Crippen LogP contribution in [0.25, 0.3) is 0 Å². The molecule has 0 bridgehead atoms. The second-order valence-electron chi connectivity index (χ2n) is 7.88. The molecule has 0 fully saturated rings. The van der Waals surface area contributed by atoms with Gasteiger partial charge in [-0.3, -0.25) is 0 Å². The minimum Gasteiger partial charge on any atom is -0.520 e.